The molecule has 0 radical (unpaired) electrons. The van der Waals surface area contributed by atoms with Gasteiger partial charge in [-0.2, -0.15) is 0 Å². The van der Waals surface area contributed by atoms with Crippen LogP contribution in [0.4, 0.5) is 0 Å². The molecule has 0 unspecified atom stereocenters. The molecule has 1 aliphatic rings. The molecule has 1 aliphatic heterocycles. The Bertz CT molecular complexity index is 387. The highest BCUT2D eigenvalue weighted by Crippen LogP contribution is 2.31. The molecule has 0 spiro atoms. The van der Waals surface area contributed by atoms with Crippen LogP contribution in [-0.4, -0.2) is 17.5 Å². The van der Waals surface area contributed by atoms with Crippen molar-refractivity contribution in [3.05, 3.63) is 40.3 Å². The van der Waals surface area contributed by atoms with Crippen molar-refractivity contribution in [2.75, 3.05) is 5.75 Å². The Labute approximate surface area is 106 Å². The van der Waals surface area contributed by atoms with Crippen LogP contribution in [0.3, 0.4) is 0 Å². The van der Waals surface area contributed by atoms with Crippen molar-refractivity contribution in [2.45, 2.75) is 25.7 Å². The van der Waals surface area contributed by atoms with Gasteiger partial charge in [-0.05, 0) is 40.7 Å². The third-order valence-electron chi connectivity index (χ3n) is 2.85. The molecule has 2 rings (SSSR count). The molecule has 1 atom stereocenters. The summed E-state index contributed by atoms with van der Waals surface area (Å²) in [6.07, 6.45) is 5.77. The van der Waals surface area contributed by atoms with Crippen molar-refractivity contribution >= 4 is 24.1 Å². The van der Waals surface area contributed by atoms with Crippen molar-refractivity contribution in [1.29, 1.82) is 0 Å². The lowest BCUT2D eigenvalue weighted by atomic mass is 10.0. The predicted molar refractivity (Wildman–Crippen MR) is 74.2 cm³/mol. The summed E-state index contributed by atoms with van der Waals surface area (Å²) < 4.78 is 0. The van der Waals surface area contributed by atoms with Crippen LogP contribution in [0.2, 0.25) is 0 Å². The van der Waals surface area contributed by atoms with Gasteiger partial charge in [0.15, 0.2) is 0 Å². The van der Waals surface area contributed by atoms with E-state index in [0.29, 0.717) is 0 Å². The molecule has 0 saturated carbocycles. The maximum Gasteiger partial charge on any atom is 0.127 e. The van der Waals surface area contributed by atoms with Crippen molar-refractivity contribution < 1.29 is 10.3 Å². The highest BCUT2D eigenvalue weighted by Gasteiger charge is 2.07. The third-order valence-corrected chi connectivity index (χ3v) is 4.03. The largest absolute Gasteiger partial charge is 0.412 e. The summed E-state index contributed by atoms with van der Waals surface area (Å²) >= 11 is 1.96. The van der Waals surface area contributed by atoms with Crippen LogP contribution >= 0.6 is 11.8 Å². The number of rotatable bonds is 3. The number of hydrogen-bond donors (Lipinski definition) is 0. The number of hydrogen-bond acceptors (Lipinski definition) is 2. The number of benzene rings is 1. The molecule has 1 fully saturated rings. The van der Waals surface area contributed by atoms with Gasteiger partial charge in [-0.25, -0.2) is 0 Å². The molecule has 92 valence electrons. The molecule has 2 nitrogen and oxygen atoms in total. The quantitative estimate of drug-likeness (QED) is 0.774. The highest BCUT2D eigenvalue weighted by atomic mass is 32.2. The molecule has 0 amide bonds. The molecule has 2 N–H and O–H groups in total. The van der Waals surface area contributed by atoms with Gasteiger partial charge in [0.25, 0.3) is 0 Å². The molecule has 0 aliphatic carbocycles. The average Bonchev–Trinajstić information content (AvgIpc) is 2.82. The van der Waals surface area contributed by atoms with Gasteiger partial charge in [0.2, 0.25) is 0 Å². The van der Waals surface area contributed by atoms with E-state index in [4.69, 9.17) is 0 Å². The summed E-state index contributed by atoms with van der Waals surface area (Å²) in [5, 5.41) is 0. The lowest BCUT2D eigenvalue weighted by Crippen LogP contribution is -1.93. The van der Waals surface area contributed by atoms with Crippen LogP contribution in [-0.2, 0) is 4.79 Å². The Hall–Kier alpha value is -1.06. The molecule has 3 heteroatoms. The van der Waals surface area contributed by atoms with Gasteiger partial charge >= 0.3 is 0 Å². The summed E-state index contributed by atoms with van der Waals surface area (Å²) in [5.41, 5.74) is 2.34. The first kappa shape index (κ1) is 14.0. The van der Waals surface area contributed by atoms with Crippen LogP contribution in [0, 0.1) is 0 Å². The standard InChI is InChI=1S/C14H16OS.H2O/c1-11(10-15)13-6-4-12(5-7-13)9-14-3-2-8-16-14;/h4-7,9-11H,2-3,8H2,1H3;1H2/b14-9-;/t11-;/m1./s1. The van der Waals surface area contributed by atoms with Gasteiger partial charge in [-0.1, -0.05) is 31.2 Å². The maximum atomic E-state index is 10.7. The Morgan fingerprint density at radius 3 is 2.53 bits per heavy atom. The first-order valence-electron chi connectivity index (χ1n) is 5.68. The van der Waals surface area contributed by atoms with Crippen LogP contribution in [0.1, 0.15) is 36.8 Å². The number of allylic oxidation sites excluding steroid dienone is 1. The van der Waals surface area contributed by atoms with Crippen LogP contribution in [0.5, 0.6) is 0 Å². The molecule has 17 heavy (non-hydrogen) atoms. The summed E-state index contributed by atoms with van der Waals surface area (Å²) in [7, 11) is 0. The zero-order valence-corrected chi connectivity index (χ0v) is 10.8. The summed E-state index contributed by atoms with van der Waals surface area (Å²) in [6.45, 7) is 1.92. The van der Waals surface area contributed by atoms with Crippen LogP contribution in [0.15, 0.2) is 29.2 Å². The number of thioether (sulfide) groups is 1. The van der Waals surface area contributed by atoms with E-state index in [1.54, 1.807) is 0 Å². The zero-order chi connectivity index (χ0) is 11.4. The second kappa shape index (κ2) is 6.62. The van der Waals surface area contributed by atoms with E-state index in [0.717, 1.165) is 11.8 Å². The van der Waals surface area contributed by atoms with Gasteiger partial charge in [0.1, 0.15) is 6.29 Å². The lowest BCUT2D eigenvalue weighted by molar-refractivity contribution is -0.108. The lowest BCUT2D eigenvalue weighted by Gasteiger charge is -2.04. The normalized spacial score (nSPS) is 18.8. The molecular weight excluding hydrogens is 232 g/mol. The fourth-order valence-corrected chi connectivity index (χ4v) is 2.85. The van der Waals surface area contributed by atoms with Gasteiger partial charge in [-0.3, -0.25) is 0 Å². The molecule has 1 aromatic carbocycles. The molecule has 1 heterocycles. The Balaban J connectivity index is 0.00000144. The van der Waals surface area contributed by atoms with Crippen LogP contribution < -0.4 is 0 Å². The topological polar surface area (TPSA) is 48.6 Å². The van der Waals surface area contributed by atoms with Gasteiger partial charge in [0.05, 0.1) is 0 Å². The second-order valence-corrected chi connectivity index (χ2v) is 5.38. The fraction of sp³-hybridized carbons (Fsp3) is 0.357. The van der Waals surface area contributed by atoms with Gasteiger partial charge in [0, 0.05) is 5.92 Å². The van der Waals surface area contributed by atoms with E-state index in [9.17, 15) is 4.79 Å². The monoisotopic (exact) mass is 250 g/mol. The molecular formula is C14H18O2S. The van der Waals surface area contributed by atoms with E-state index in [2.05, 4.69) is 18.2 Å². The zero-order valence-electron chi connectivity index (χ0n) is 9.98. The van der Waals surface area contributed by atoms with E-state index in [-0.39, 0.29) is 11.4 Å². The smallest absolute Gasteiger partial charge is 0.127 e. The third kappa shape index (κ3) is 3.72. The maximum absolute atomic E-state index is 10.7. The Morgan fingerprint density at radius 2 is 2.00 bits per heavy atom. The summed E-state index contributed by atoms with van der Waals surface area (Å²) in [5.74, 6) is 1.26. The van der Waals surface area contributed by atoms with Crippen molar-refractivity contribution in [1.82, 2.24) is 0 Å². The van der Waals surface area contributed by atoms with Gasteiger partial charge < -0.3 is 10.3 Å². The number of carbonyl (C=O) groups is 1. The Kier molecular flexibility index (Phi) is 5.45. The van der Waals surface area contributed by atoms with Crippen LogP contribution in [0.25, 0.3) is 6.08 Å². The highest BCUT2D eigenvalue weighted by molar-refractivity contribution is 8.03. The van der Waals surface area contributed by atoms with Crippen molar-refractivity contribution in [3.63, 3.8) is 0 Å². The molecule has 0 aromatic heterocycles. The van der Waals surface area contributed by atoms with E-state index in [1.807, 2.05) is 30.8 Å². The van der Waals surface area contributed by atoms with Gasteiger partial charge in [-0.15, -0.1) is 11.8 Å². The second-order valence-electron chi connectivity index (χ2n) is 4.15. The minimum absolute atomic E-state index is 0. The van der Waals surface area contributed by atoms with E-state index < -0.39 is 0 Å². The Morgan fingerprint density at radius 1 is 1.29 bits per heavy atom. The van der Waals surface area contributed by atoms with E-state index in [1.165, 1.54) is 29.1 Å². The minimum atomic E-state index is 0. The van der Waals surface area contributed by atoms with Crippen molar-refractivity contribution in [2.24, 2.45) is 0 Å². The summed E-state index contributed by atoms with van der Waals surface area (Å²) in [6, 6.07) is 8.29. The SMILES string of the molecule is C[C@H](C=O)c1ccc(/C=C2/CCCS2)cc1.O. The first-order valence-corrected chi connectivity index (χ1v) is 6.67. The predicted octanol–water partition coefficient (Wildman–Crippen LogP) is 3.03. The summed E-state index contributed by atoms with van der Waals surface area (Å²) in [4.78, 5) is 12.1. The van der Waals surface area contributed by atoms with E-state index >= 15 is 0 Å². The molecule has 1 aromatic rings. The average molecular weight is 250 g/mol. The fourth-order valence-electron chi connectivity index (χ4n) is 1.80. The molecule has 1 saturated heterocycles. The number of carbonyl (C=O) groups excluding carboxylic acids is 1. The van der Waals surface area contributed by atoms with Crippen molar-refractivity contribution in [3.8, 4) is 0 Å². The molecule has 0 bridgehead atoms. The first-order chi connectivity index (χ1) is 7.79. The number of aldehydes is 1. The minimum Gasteiger partial charge on any atom is -0.412 e.